The van der Waals surface area contributed by atoms with E-state index >= 15 is 0 Å². The summed E-state index contributed by atoms with van der Waals surface area (Å²) in [4.78, 5) is 32.3. The zero-order valence-electron chi connectivity index (χ0n) is 18.5. The van der Waals surface area contributed by atoms with Crippen molar-refractivity contribution in [2.24, 2.45) is 0 Å². The topological polar surface area (TPSA) is 73.9 Å². The minimum atomic E-state index is -0.258. The van der Waals surface area contributed by atoms with Crippen LogP contribution in [0.2, 0.25) is 0 Å². The average molecular weight is 457 g/mol. The number of thiophene rings is 1. The predicted octanol–water partition coefficient (Wildman–Crippen LogP) is 5.17. The van der Waals surface area contributed by atoms with Crippen LogP contribution in [0.5, 0.6) is 0 Å². The van der Waals surface area contributed by atoms with E-state index in [4.69, 9.17) is 0 Å². The molecule has 5 aromatic rings. The standard InChI is InChI=1S/C26H24N4O2S/c1-17-5-7-21(12-18(17)2)30-25(31)14-24(28-30)26(32)29(16-22-4-3-11-33-22)15-19-6-8-23-20(13-19)9-10-27-23/h3-14,27-28H,15-16H2,1-2H3. The van der Waals surface area contributed by atoms with Gasteiger partial charge in [-0.1, -0.05) is 18.2 Å². The van der Waals surface area contributed by atoms with Crippen molar-refractivity contribution in [3.05, 3.63) is 110 Å². The van der Waals surface area contributed by atoms with E-state index in [9.17, 15) is 9.59 Å². The number of nitrogens with zero attached hydrogens (tertiary/aromatic N) is 2. The van der Waals surface area contributed by atoms with Crippen molar-refractivity contribution in [2.45, 2.75) is 26.9 Å². The van der Waals surface area contributed by atoms with Gasteiger partial charge in [0.05, 0.1) is 12.2 Å². The van der Waals surface area contributed by atoms with Gasteiger partial charge in [-0.3, -0.25) is 14.7 Å². The molecule has 0 fully saturated rings. The second-order valence-electron chi connectivity index (χ2n) is 8.25. The third kappa shape index (κ3) is 4.27. The van der Waals surface area contributed by atoms with Crippen LogP contribution in [-0.4, -0.2) is 25.6 Å². The number of carbonyl (C=O) groups is 1. The van der Waals surface area contributed by atoms with Crippen molar-refractivity contribution in [2.75, 3.05) is 0 Å². The van der Waals surface area contributed by atoms with Crippen molar-refractivity contribution in [3.63, 3.8) is 0 Å². The molecule has 1 amide bonds. The average Bonchev–Trinajstić information content (AvgIpc) is 3.55. The molecule has 166 valence electrons. The highest BCUT2D eigenvalue weighted by molar-refractivity contribution is 7.09. The molecule has 0 aliphatic rings. The van der Waals surface area contributed by atoms with Gasteiger partial charge in [0.2, 0.25) is 0 Å². The van der Waals surface area contributed by atoms with E-state index in [0.29, 0.717) is 18.8 Å². The minimum Gasteiger partial charge on any atom is -0.361 e. The second-order valence-corrected chi connectivity index (χ2v) is 9.28. The van der Waals surface area contributed by atoms with Gasteiger partial charge in [-0.25, -0.2) is 4.68 Å². The maximum absolute atomic E-state index is 13.5. The fourth-order valence-electron chi connectivity index (χ4n) is 3.94. The first-order chi connectivity index (χ1) is 16.0. The van der Waals surface area contributed by atoms with Crippen LogP contribution < -0.4 is 5.56 Å². The van der Waals surface area contributed by atoms with Crippen LogP contribution in [0.25, 0.3) is 16.6 Å². The van der Waals surface area contributed by atoms with Crippen LogP contribution in [0.15, 0.2) is 77.0 Å². The molecule has 7 heteroatoms. The third-order valence-corrected chi connectivity index (χ3v) is 6.77. The minimum absolute atomic E-state index is 0.211. The van der Waals surface area contributed by atoms with Gasteiger partial charge in [0.1, 0.15) is 5.69 Å². The largest absolute Gasteiger partial charge is 0.361 e. The quantitative estimate of drug-likeness (QED) is 0.370. The van der Waals surface area contributed by atoms with Crippen molar-refractivity contribution >= 4 is 28.1 Å². The van der Waals surface area contributed by atoms with Crippen LogP contribution >= 0.6 is 11.3 Å². The molecule has 0 aliphatic carbocycles. The van der Waals surface area contributed by atoms with Crippen LogP contribution in [0.4, 0.5) is 0 Å². The Morgan fingerprint density at radius 1 is 1.00 bits per heavy atom. The molecule has 0 saturated heterocycles. The Kier molecular flexibility index (Phi) is 5.48. The highest BCUT2D eigenvalue weighted by Gasteiger charge is 2.21. The fraction of sp³-hybridized carbons (Fsp3) is 0.154. The second kappa shape index (κ2) is 8.60. The van der Waals surface area contributed by atoms with Crippen molar-refractivity contribution in [3.8, 4) is 5.69 Å². The predicted molar refractivity (Wildman–Crippen MR) is 132 cm³/mol. The van der Waals surface area contributed by atoms with E-state index in [1.54, 1.807) is 16.2 Å². The Morgan fingerprint density at radius 3 is 2.67 bits per heavy atom. The molecule has 0 atom stereocenters. The molecule has 3 heterocycles. The summed E-state index contributed by atoms with van der Waals surface area (Å²) >= 11 is 1.61. The van der Waals surface area contributed by atoms with Crippen LogP contribution in [0, 0.1) is 13.8 Å². The molecule has 0 bridgehead atoms. The van der Waals surface area contributed by atoms with Gasteiger partial charge in [0.15, 0.2) is 0 Å². The summed E-state index contributed by atoms with van der Waals surface area (Å²) in [7, 11) is 0. The first kappa shape index (κ1) is 21.0. The Morgan fingerprint density at radius 2 is 1.88 bits per heavy atom. The number of benzene rings is 2. The molecule has 2 N–H and O–H groups in total. The lowest BCUT2D eigenvalue weighted by Crippen LogP contribution is -2.30. The maximum atomic E-state index is 13.5. The summed E-state index contributed by atoms with van der Waals surface area (Å²) in [6, 6.07) is 19.3. The molecule has 0 aliphatic heterocycles. The molecule has 0 unspecified atom stereocenters. The number of H-pyrrole nitrogens is 2. The number of hydrogen-bond donors (Lipinski definition) is 2. The molecule has 2 aromatic carbocycles. The molecule has 3 aromatic heterocycles. The number of nitrogens with one attached hydrogen (secondary N) is 2. The molecular weight excluding hydrogens is 432 g/mol. The number of aromatic nitrogens is 3. The maximum Gasteiger partial charge on any atom is 0.272 e. The zero-order chi connectivity index (χ0) is 22.9. The SMILES string of the molecule is Cc1ccc(-n2[nH]c(C(=O)N(Cc3ccc4[nH]ccc4c3)Cc3cccs3)cc2=O)cc1C. The van der Waals surface area contributed by atoms with E-state index in [0.717, 1.165) is 32.5 Å². The van der Waals surface area contributed by atoms with Gasteiger partial charge in [-0.15, -0.1) is 11.3 Å². The van der Waals surface area contributed by atoms with E-state index in [2.05, 4.69) is 16.1 Å². The molecule has 33 heavy (non-hydrogen) atoms. The molecule has 0 spiro atoms. The number of amides is 1. The molecular formula is C26H24N4O2S. The molecule has 0 radical (unpaired) electrons. The van der Waals surface area contributed by atoms with Gasteiger partial charge in [-0.2, -0.15) is 0 Å². The number of aromatic amines is 2. The molecule has 6 nitrogen and oxygen atoms in total. The lowest BCUT2D eigenvalue weighted by molar-refractivity contribution is 0.0725. The number of rotatable bonds is 6. The summed E-state index contributed by atoms with van der Waals surface area (Å²) in [5.41, 5.74) is 5.05. The fourth-order valence-corrected chi connectivity index (χ4v) is 4.66. The van der Waals surface area contributed by atoms with E-state index in [1.807, 2.05) is 74.0 Å². The normalized spacial score (nSPS) is 11.2. The number of aryl methyl sites for hydroxylation is 2. The first-order valence-corrected chi connectivity index (χ1v) is 11.6. The Balaban J connectivity index is 1.47. The molecule has 5 rings (SSSR count). The van der Waals surface area contributed by atoms with Crippen LogP contribution in [-0.2, 0) is 13.1 Å². The third-order valence-electron chi connectivity index (χ3n) is 5.90. The summed E-state index contributed by atoms with van der Waals surface area (Å²) in [5, 5.41) is 6.13. The van der Waals surface area contributed by atoms with E-state index < -0.39 is 0 Å². The number of fused-ring (bicyclic) bond motifs is 1. The Hall–Kier alpha value is -3.84. The first-order valence-electron chi connectivity index (χ1n) is 10.8. The van der Waals surface area contributed by atoms with Crippen LogP contribution in [0.1, 0.15) is 32.1 Å². The van der Waals surface area contributed by atoms with Gasteiger partial charge in [-0.05, 0) is 77.7 Å². The Bertz CT molecular complexity index is 1490. The Labute approximate surface area is 195 Å². The zero-order valence-corrected chi connectivity index (χ0v) is 19.3. The summed E-state index contributed by atoms with van der Waals surface area (Å²) in [5.74, 6) is -0.211. The van der Waals surface area contributed by atoms with Gasteiger partial charge in [0.25, 0.3) is 11.5 Å². The van der Waals surface area contributed by atoms with Crippen LogP contribution in [0.3, 0.4) is 0 Å². The summed E-state index contributed by atoms with van der Waals surface area (Å²) in [6.45, 7) is 4.94. The van der Waals surface area contributed by atoms with E-state index in [-0.39, 0.29) is 17.2 Å². The van der Waals surface area contributed by atoms with Gasteiger partial charge < -0.3 is 9.88 Å². The summed E-state index contributed by atoms with van der Waals surface area (Å²) in [6.07, 6.45) is 1.91. The lowest BCUT2D eigenvalue weighted by atomic mass is 10.1. The van der Waals surface area contributed by atoms with Gasteiger partial charge >= 0.3 is 0 Å². The van der Waals surface area contributed by atoms with E-state index in [1.165, 1.54) is 10.7 Å². The number of hydrogen-bond acceptors (Lipinski definition) is 3. The smallest absolute Gasteiger partial charge is 0.272 e. The van der Waals surface area contributed by atoms with Crippen molar-refractivity contribution in [1.29, 1.82) is 0 Å². The van der Waals surface area contributed by atoms with Gasteiger partial charge in [0, 0.05) is 29.2 Å². The number of carbonyl (C=O) groups excluding carboxylic acids is 1. The van der Waals surface area contributed by atoms with Crippen molar-refractivity contribution in [1.82, 2.24) is 19.7 Å². The lowest BCUT2D eigenvalue weighted by Gasteiger charge is -2.22. The monoisotopic (exact) mass is 456 g/mol. The summed E-state index contributed by atoms with van der Waals surface area (Å²) < 4.78 is 1.43. The highest BCUT2D eigenvalue weighted by Crippen LogP contribution is 2.20. The van der Waals surface area contributed by atoms with Crippen molar-refractivity contribution < 1.29 is 4.79 Å². The molecule has 0 saturated carbocycles. The highest BCUT2D eigenvalue weighted by atomic mass is 32.1.